The number of nitrogens with one attached hydrogen (secondary N) is 2. The van der Waals surface area contributed by atoms with E-state index in [9.17, 15) is 9.59 Å². The molecule has 0 spiro atoms. The number of para-hydroxylation sites is 1. The van der Waals surface area contributed by atoms with Crippen LogP contribution in [-0.2, 0) is 9.53 Å². The maximum Gasteiger partial charge on any atom is 0.339 e. The van der Waals surface area contributed by atoms with E-state index in [4.69, 9.17) is 39.5 Å². The van der Waals surface area contributed by atoms with Crippen molar-refractivity contribution in [2.75, 3.05) is 12.4 Å². The van der Waals surface area contributed by atoms with Gasteiger partial charge in [-0.05, 0) is 12.1 Å². The Morgan fingerprint density at radius 1 is 1.13 bits per heavy atom. The number of methoxy groups -OCH3 is 1. The number of carbonyl (C=O) groups excluding carboxylic acids is 2. The second-order valence-corrected chi connectivity index (χ2v) is 8.25. The van der Waals surface area contributed by atoms with Crippen LogP contribution in [0.15, 0.2) is 24.3 Å². The van der Waals surface area contributed by atoms with E-state index in [1.54, 1.807) is 45.0 Å². The number of halogens is 3. The van der Waals surface area contributed by atoms with Gasteiger partial charge in [-0.3, -0.25) is 4.79 Å². The first kappa shape index (κ1) is 19.9. The van der Waals surface area contributed by atoms with Gasteiger partial charge in [0.25, 0.3) is 0 Å². The highest BCUT2D eigenvalue weighted by atomic mass is 35.6. The first-order chi connectivity index (χ1) is 10.5. The average Bonchev–Trinajstić information content (AvgIpc) is 2.44. The normalized spacial score (nSPS) is 13.2. The van der Waals surface area contributed by atoms with Gasteiger partial charge in [0, 0.05) is 5.41 Å². The van der Waals surface area contributed by atoms with Gasteiger partial charge in [-0.25, -0.2) is 4.79 Å². The van der Waals surface area contributed by atoms with Crippen molar-refractivity contribution in [1.29, 1.82) is 0 Å². The molecule has 1 amide bonds. The van der Waals surface area contributed by atoms with Gasteiger partial charge in [0.15, 0.2) is 0 Å². The van der Waals surface area contributed by atoms with E-state index in [2.05, 4.69) is 10.6 Å². The number of benzene rings is 1. The second-order valence-electron chi connectivity index (χ2n) is 5.88. The maximum atomic E-state index is 12.2. The molecule has 128 valence electrons. The van der Waals surface area contributed by atoms with Gasteiger partial charge < -0.3 is 15.4 Å². The smallest absolute Gasteiger partial charge is 0.339 e. The van der Waals surface area contributed by atoms with Crippen LogP contribution in [0.25, 0.3) is 0 Å². The minimum atomic E-state index is -1.83. The molecule has 2 N–H and O–H groups in total. The molecule has 0 saturated heterocycles. The quantitative estimate of drug-likeness (QED) is 0.473. The fraction of sp³-hybridized carbons (Fsp3) is 0.467. The van der Waals surface area contributed by atoms with Crippen molar-refractivity contribution in [2.24, 2.45) is 5.41 Å². The predicted molar refractivity (Wildman–Crippen MR) is 93.1 cm³/mol. The summed E-state index contributed by atoms with van der Waals surface area (Å²) in [6, 6.07) is 6.57. The summed E-state index contributed by atoms with van der Waals surface area (Å²) in [6.07, 6.45) is -1.04. The number of ether oxygens (including phenoxy) is 1. The standard InChI is InChI=1S/C15H19Cl3N2O3/c1-14(2,3)13(22)20-12(15(16,17)18)19-10-8-6-5-7-9(10)11(21)23-4/h5-8,12,19H,1-4H3,(H,20,22)/t12-/m1/s1. The third kappa shape index (κ3) is 5.75. The number of hydrogen-bond acceptors (Lipinski definition) is 4. The lowest BCUT2D eigenvalue weighted by Crippen LogP contribution is -2.52. The summed E-state index contributed by atoms with van der Waals surface area (Å²) >= 11 is 17.8. The molecule has 0 aliphatic heterocycles. The Bertz CT molecular complexity index is 580. The van der Waals surface area contributed by atoms with E-state index >= 15 is 0 Å². The van der Waals surface area contributed by atoms with Crippen LogP contribution in [0.2, 0.25) is 0 Å². The van der Waals surface area contributed by atoms with E-state index in [1.165, 1.54) is 7.11 Å². The van der Waals surface area contributed by atoms with E-state index < -0.39 is 21.3 Å². The lowest BCUT2D eigenvalue weighted by molar-refractivity contribution is -0.129. The minimum absolute atomic E-state index is 0.263. The molecule has 0 aliphatic carbocycles. The Hall–Kier alpha value is -1.17. The number of anilines is 1. The molecule has 1 aromatic carbocycles. The first-order valence-corrected chi connectivity index (χ1v) is 7.91. The molecule has 1 rings (SSSR count). The van der Waals surface area contributed by atoms with Crippen LogP contribution in [0.4, 0.5) is 5.69 Å². The number of hydrogen-bond donors (Lipinski definition) is 2. The Morgan fingerprint density at radius 3 is 2.17 bits per heavy atom. The molecule has 0 aliphatic rings. The average molecular weight is 382 g/mol. The van der Waals surface area contributed by atoms with Crippen LogP contribution in [0.3, 0.4) is 0 Å². The zero-order chi connectivity index (χ0) is 17.8. The van der Waals surface area contributed by atoms with Crippen LogP contribution in [0.5, 0.6) is 0 Å². The summed E-state index contributed by atoms with van der Waals surface area (Å²) in [6.45, 7) is 5.21. The summed E-state index contributed by atoms with van der Waals surface area (Å²) in [5.74, 6) is -0.852. The molecule has 8 heteroatoms. The van der Waals surface area contributed by atoms with Crippen molar-refractivity contribution < 1.29 is 14.3 Å². The van der Waals surface area contributed by atoms with Crippen LogP contribution >= 0.6 is 34.8 Å². The third-order valence-electron chi connectivity index (χ3n) is 2.92. The lowest BCUT2D eigenvalue weighted by Gasteiger charge is -2.30. The predicted octanol–water partition coefficient (Wildman–Crippen LogP) is 3.74. The molecule has 0 aromatic heterocycles. The Kier molecular flexibility index (Phi) is 6.57. The number of amides is 1. The van der Waals surface area contributed by atoms with E-state index in [1.807, 2.05) is 0 Å². The summed E-state index contributed by atoms with van der Waals surface area (Å²) in [7, 11) is 1.27. The molecule has 0 heterocycles. The van der Waals surface area contributed by atoms with Crippen LogP contribution in [0, 0.1) is 5.41 Å². The van der Waals surface area contributed by atoms with Gasteiger partial charge in [-0.15, -0.1) is 0 Å². The molecule has 0 bridgehead atoms. The van der Waals surface area contributed by atoms with Gasteiger partial charge in [-0.1, -0.05) is 67.7 Å². The maximum absolute atomic E-state index is 12.2. The van der Waals surface area contributed by atoms with Gasteiger partial charge in [0.2, 0.25) is 9.70 Å². The van der Waals surface area contributed by atoms with Crippen LogP contribution < -0.4 is 10.6 Å². The minimum Gasteiger partial charge on any atom is -0.465 e. The van der Waals surface area contributed by atoms with E-state index in [0.717, 1.165) is 0 Å². The zero-order valence-electron chi connectivity index (χ0n) is 13.2. The van der Waals surface area contributed by atoms with Gasteiger partial charge in [-0.2, -0.15) is 0 Å². The molecular weight excluding hydrogens is 363 g/mol. The fourth-order valence-electron chi connectivity index (χ4n) is 1.60. The molecule has 1 atom stereocenters. The molecular formula is C15H19Cl3N2O3. The topological polar surface area (TPSA) is 67.4 Å². The van der Waals surface area contributed by atoms with Crippen LogP contribution in [-0.4, -0.2) is 28.9 Å². The zero-order valence-corrected chi connectivity index (χ0v) is 15.5. The summed E-state index contributed by atoms with van der Waals surface area (Å²) < 4.78 is 2.89. The largest absolute Gasteiger partial charge is 0.465 e. The highest BCUT2D eigenvalue weighted by molar-refractivity contribution is 6.68. The molecule has 23 heavy (non-hydrogen) atoms. The molecule has 0 radical (unpaired) electrons. The number of rotatable bonds is 4. The highest BCUT2D eigenvalue weighted by Gasteiger charge is 2.37. The van der Waals surface area contributed by atoms with Gasteiger partial charge in [0.05, 0.1) is 18.4 Å². The molecule has 0 fully saturated rings. The van der Waals surface area contributed by atoms with Crippen molar-refractivity contribution in [3.63, 3.8) is 0 Å². The van der Waals surface area contributed by atoms with Crippen molar-refractivity contribution in [3.8, 4) is 0 Å². The Morgan fingerprint density at radius 2 is 1.70 bits per heavy atom. The Labute approximate surface area is 150 Å². The summed E-state index contributed by atoms with van der Waals surface area (Å²) in [5.41, 5.74) is -0.0262. The lowest BCUT2D eigenvalue weighted by atomic mass is 9.95. The number of alkyl halides is 3. The number of esters is 1. The first-order valence-electron chi connectivity index (χ1n) is 6.78. The van der Waals surface area contributed by atoms with Crippen molar-refractivity contribution in [3.05, 3.63) is 29.8 Å². The van der Waals surface area contributed by atoms with E-state index in [-0.39, 0.29) is 11.5 Å². The van der Waals surface area contributed by atoms with Gasteiger partial charge in [0.1, 0.15) is 6.17 Å². The third-order valence-corrected chi connectivity index (χ3v) is 3.57. The highest BCUT2D eigenvalue weighted by Crippen LogP contribution is 2.32. The van der Waals surface area contributed by atoms with Gasteiger partial charge >= 0.3 is 5.97 Å². The monoisotopic (exact) mass is 380 g/mol. The molecule has 1 aromatic rings. The summed E-state index contributed by atoms with van der Waals surface area (Å²) in [5, 5.41) is 5.51. The van der Waals surface area contributed by atoms with Crippen molar-refractivity contribution >= 4 is 52.4 Å². The van der Waals surface area contributed by atoms with E-state index in [0.29, 0.717) is 5.69 Å². The van der Waals surface area contributed by atoms with Crippen LogP contribution in [0.1, 0.15) is 31.1 Å². The summed E-state index contributed by atoms with van der Waals surface area (Å²) in [4.78, 5) is 24.0. The SMILES string of the molecule is COC(=O)c1ccccc1N[C@H](NC(=O)C(C)(C)C)C(Cl)(Cl)Cl. The fourth-order valence-corrected chi connectivity index (χ4v) is 1.93. The van der Waals surface area contributed by atoms with Crippen molar-refractivity contribution in [2.45, 2.75) is 30.7 Å². The molecule has 0 unspecified atom stereocenters. The Balaban J connectivity index is 3.09. The molecule has 0 saturated carbocycles. The van der Waals surface area contributed by atoms with Crippen molar-refractivity contribution in [1.82, 2.24) is 5.32 Å². The molecule has 5 nitrogen and oxygen atoms in total. The second kappa shape index (κ2) is 7.60. The number of carbonyl (C=O) groups is 2.